The Kier molecular flexibility index (Phi) is 3.00. The summed E-state index contributed by atoms with van der Waals surface area (Å²) in [5.41, 5.74) is 1.39. The third kappa shape index (κ3) is 1.96. The molecular formula is C14H14O3. The van der Waals surface area contributed by atoms with Crippen LogP contribution in [0, 0.1) is 0 Å². The van der Waals surface area contributed by atoms with E-state index in [0.717, 1.165) is 22.8 Å². The fourth-order valence-corrected chi connectivity index (χ4v) is 2.02. The highest BCUT2D eigenvalue weighted by atomic mass is 16.5. The molecule has 2 rings (SSSR count). The van der Waals surface area contributed by atoms with Crippen molar-refractivity contribution >= 4 is 16.7 Å². The molecule has 0 aliphatic rings. The van der Waals surface area contributed by atoms with Gasteiger partial charge in [-0.25, -0.2) is 4.79 Å². The normalized spacial score (nSPS) is 10.5. The zero-order valence-electron chi connectivity index (χ0n) is 9.86. The largest absolute Gasteiger partial charge is 0.496 e. The minimum Gasteiger partial charge on any atom is -0.496 e. The summed E-state index contributed by atoms with van der Waals surface area (Å²) in [5, 5.41) is 11.0. The first-order valence-electron chi connectivity index (χ1n) is 5.50. The molecule has 0 bridgehead atoms. The van der Waals surface area contributed by atoms with Gasteiger partial charge in [-0.05, 0) is 29.5 Å². The fourth-order valence-electron chi connectivity index (χ4n) is 2.02. The Morgan fingerprint density at radius 2 is 2.06 bits per heavy atom. The Morgan fingerprint density at radius 3 is 2.65 bits per heavy atom. The van der Waals surface area contributed by atoms with Gasteiger partial charge in [0, 0.05) is 5.39 Å². The molecule has 3 heteroatoms. The molecule has 1 N–H and O–H groups in total. The van der Waals surface area contributed by atoms with Gasteiger partial charge in [-0.1, -0.05) is 25.1 Å². The summed E-state index contributed by atoms with van der Waals surface area (Å²) in [7, 11) is 1.55. The van der Waals surface area contributed by atoms with Gasteiger partial charge in [-0.15, -0.1) is 0 Å². The zero-order chi connectivity index (χ0) is 12.4. The molecule has 2 aromatic carbocycles. The van der Waals surface area contributed by atoms with Gasteiger partial charge in [0.25, 0.3) is 0 Å². The molecule has 0 amide bonds. The Hall–Kier alpha value is -2.03. The van der Waals surface area contributed by atoms with Crippen LogP contribution >= 0.6 is 0 Å². The molecule has 0 aliphatic heterocycles. The van der Waals surface area contributed by atoms with Crippen LogP contribution in [0.15, 0.2) is 30.3 Å². The molecule has 0 unspecified atom stereocenters. The van der Waals surface area contributed by atoms with E-state index in [2.05, 4.69) is 6.92 Å². The van der Waals surface area contributed by atoms with Crippen LogP contribution in [-0.4, -0.2) is 18.2 Å². The van der Waals surface area contributed by atoms with E-state index in [-0.39, 0.29) is 5.56 Å². The Balaban J connectivity index is 2.82. The van der Waals surface area contributed by atoms with Crippen molar-refractivity contribution in [1.29, 1.82) is 0 Å². The smallest absolute Gasteiger partial charge is 0.335 e. The quantitative estimate of drug-likeness (QED) is 0.881. The number of aromatic carboxylic acids is 1. The lowest BCUT2D eigenvalue weighted by Crippen LogP contribution is -1.98. The molecule has 0 spiro atoms. The predicted molar refractivity (Wildman–Crippen MR) is 66.8 cm³/mol. The lowest BCUT2D eigenvalue weighted by Gasteiger charge is -2.10. The molecule has 0 saturated carbocycles. The van der Waals surface area contributed by atoms with Crippen molar-refractivity contribution in [2.45, 2.75) is 13.3 Å². The summed E-state index contributed by atoms with van der Waals surface area (Å²) < 4.78 is 5.25. The number of methoxy groups -OCH3 is 1. The van der Waals surface area contributed by atoms with Crippen molar-refractivity contribution in [1.82, 2.24) is 0 Å². The van der Waals surface area contributed by atoms with Gasteiger partial charge < -0.3 is 9.84 Å². The highest BCUT2D eigenvalue weighted by Gasteiger charge is 2.11. The van der Waals surface area contributed by atoms with Gasteiger partial charge in [-0.2, -0.15) is 0 Å². The lowest BCUT2D eigenvalue weighted by molar-refractivity contribution is 0.0696. The van der Waals surface area contributed by atoms with Crippen LogP contribution in [0.5, 0.6) is 5.75 Å². The van der Waals surface area contributed by atoms with E-state index < -0.39 is 5.97 Å². The van der Waals surface area contributed by atoms with Crippen molar-refractivity contribution in [3.05, 3.63) is 41.5 Å². The van der Waals surface area contributed by atoms with E-state index in [1.807, 2.05) is 18.2 Å². The SMILES string of the molecule is CCc1cccc2c(OC)cc(C(=O)O)cc12. The summed E-state index contributed by atoms with van der Waals surface area (Å²) in [5.74, 6) is -0.327. The van der Waals surface area contributed by atoms with Crippen molar-refractivity contribution in [2.24, 2.45) is 0 Å². The minimum absolute atomic E-state index is 0.259. The second kappa shape index (κ2) is 4.45. The van der Waals surface area contributed by atoms with E-state index >= 15 is 0 Å². The number of fused-ring (bicyclic) bond motifs is 1. The number of carboxylic acid groups (broad SMARTS) is 1. The maximum atomic E-state index is 11.1. The molecule has 88 valence electrons. The topological polar surface area (TPSA) is 46.5 Å². The Labute approximate surface area is 99.6 Å². The summed E-state index contributed by atoms with van der Waals surface area (Å²) in [6, 6.07) is 9.18. The number of aryl methyl sites for hydroxylation is 1. The average molecular weight is 230 g/mol. The zero-order valence-corrected chi connectivity index (χ0v) is 9.86. The number of hydrogen-bond donors (Lipinski definition) is 1. The van der Waals surface area contributed by atoms with Crippen molar-refractivity contribution in [3.63, 3.8) is 0 Å². The minimum atomic E-state index is -0.934. The number of ether oxygens (including phenoxy) is 1. The number of carboxylic acids is 1. The number of rotatable bonds is 3. The van der Waals surface area contributed by atoms with E-state index in [1.54, 1.807) is 19.2 Å². The van der Waals surface area contributed by atoms with Gasteiger partial charge in [0.05, 0.1) is 12.7 Å². The number of hydrogen-bond acceptors (Lipinski definition) is 2. The molecule has 0 fully saturated rings. The third-order valence-electron chi connectivity index (χ3n) is 2.90. The Morgan fingerprint density at radius 1 is 1.29 bits per heavy atom. The van der Waals surface area contributed by atoms with Crippen LogP contribution in [-0.2, 0) is 6.42 Å². The standard InChI is InChI=1S/C14H14O3/c1-3-9-5-4-6-11-12(9)7-10(14(15)16)8-13(11)17-2/h4-8H,3H2,1-2H3,(H,15,16). The summed E-state index contributed by atoms with van der Waals surface area (Å²) >= 11 is 0. The molecular weight excluding hydrogens is 216 g/mol. The molecule has 0 atom stereocenters. The summed E-state index contributed by atoms with van der Waals surface area (Å²) in [6.07, 6.45) is 0.865. The Bertz CT molecular complexity index is 573. The highest BCUT2D eigenvalue weighted by Crippen LogP contribution is 2.30. The molecule has 3 nitrogen and oxygen atoms in total. The van der Waals surface area contributed by atoms with Crippen molar-refractivity contribution < 1.29 is 14.6 Å². The first kappa shape index (κ1) is 11.5. The van der Waals surface area contributed by atoms with Crippen molar-refractivity contribution in [3.8, 4) is 5.75 Å². The van der Waals surface area contributed by atoms with Crippen molar-refractivity contribution in [2.75, 3.05) is 7.11 Å². The highest BCUT2D eigenvalue weighted by molar-refractivity contribution is 5.98. The van der Waals surface area contributed by atoms with Gasteiger partial charge >= 0.3 is 5.97 Å². The van der Waals surface area contributed by atoms with Gasteiger partial charge in [0.2, 0.25) is 0 Å². The molecule has 0 saturated heterocycles. The molecule has 0 heterocycles. The molecule has 2 aromatic rings. The fraction of sp³-hybridized carbons (Fsp3) is 0.214. The van der Waals surface area contributed by atoms with Crippen LogP contribution in [0.4, 0.5) is 0 Å². The number of benzene rings is 2. The second-order valence-corrected chi connectivity index (χ2v) is 3.85. The monoisotopic (exact) mass is 230 g/mol. The third-order valence-corrected chi connectivity index (χ3v) is 2.90. The summed E-state index contributed by atoms with van der Waals surface area (Å²) in [6.45, 7) is 2.05. The van der Waals surface area contributed by atoms with E-state index in [1.165, 1.54) is 0 Å². The van der Waals surface area contributed by atoms with Crippen LogP contribution < -0.4 is 4.74 Å². The molecule has 0 aromatic heterocycles. The van der Waals surface area contributed by atoms with E-state index in [9.17, 15) is 4.79 Å². The average Bonchev–Trinajstić information content (AvgIpc) is 2.36. The van der Waals surface area contributed by atoms with Crippen LogP contribution in [0.2, 0.25) is 0 Å². The predicted octanol–water partition coefficient (Wildman–Crippen LogP) is 3.11. The maximum absolute atomic E-state index is 11.1. The van der Waals surface area contributed by atoms with E-state index in [4.69, 9.17) is 9.84 Å². The van der Waals surface area contributed by atoms with Gasteiger partial charge in [0.15, 0.2) is 0 Å². The number of carbonyl (C=O) groups is 1. The van der Waals surface area contributed by atoms with Gasteiger partial charge in [-0.3, -0.25) is 0 Å². The van der Waals surface area contributed by atoms with Crippen LogP contribution in [0.25, 0.3) is 10.8 Å². The molecule has 17 heavy (non-hydrogen) atoms. The first-order valence-corrected chi connectivity index (χ1v) is 5.50. The second-order valence-electron chi connectivity index (χ2n) is 3.85. The lowest BCUT2D eigenvalue weighted by atomic mass is 9.99. The van der Waals surface area contributed by atoms with Crippen LogP contribution in [0.1, 0.15) is 22.8 Å². The maximum Gasteiger partial charge on any atom is 0.335 e. The van der Waals surface area contributed by atoms with Crippen LogP contribution in [0.3, 0.4) is 0 Å². The first-order chi connectivity index (χ1) is 8.17. The molecule has 0 aliphatic carbocycles. The molecule has 0 radical (unpaired) electrons. The summed E-state index contributed by atoms with van der Waals surface area (Å²) in [4.78, 5) is 11.1. The van der Waals surface area contributed by atoms with E-state index in [0.29, 0.717) is 5.75 Å². The van der Waals surface area contributed by atoms with Gasteiger partial charge in [0.1, 0.15) is 5.75 Å².